The third-order valence-electron chi connectivity index (χ3n) is 4.35. The molecule has 3 nitrogen and oxygen atoms in total. The summed E-state index contributed by atoms with van der Waals surface area (Å²) in [7, 11) is 0. The summed E-state index contributed by atoms with van der Waals surface area (Å²) in [5.74, 6) is 0.961. The Kier molecular flexibility index (Phi) is 5.86. The average molecular weight is 276 g/mol. The summed E-state index contributed by atoms with van der Waals surface area (Å²) in [5.41, 5.74) is 6.83. The fourth-order valence-electron chi connectivity index (χ4n) is 3.10. The number of rotatable bonds is 6. The number of nitrogens with two attached hydrogens (primary N) is 1. The van der Waals surface area contributed by atoms with Crippen LogP contribution in [0.25, 0.3) is 0 Å². The summed E-state index contributed by atoms with van der Waals surface area (Å²) >= 11 is 0. The molecule has 0 aliphatic carbocycles. The maximum absolute atomic E-state index is 5.87. The molecule has 20 heavy (non-hydrogen) atoms. The fourth-order valence-corrected chi connectivity index (χ4v) is 3.10. The zero-order chi connectivity index (χ0) is 14.4. The van der Waals surface area contributed by atoms with Gasteiger partial charge in [0.2, 0.25) is 0 Å². The Morgan fingerprint density at radius 2 is 1.80 bits per heavy atom. The van der Waals surface area contributed by atoms with E-state index in [9.17, 15) is 0 Å². The summed E-state index contributed by atoms with van der Waals surface area (Å²) in [6.07, 6.45) is 4.93. The molecule has 0 unspecified atom stereocenters. The summed E-state index contributed by atoms with van der Waals surface area (Å²) in [6, 6.07) is 9.69. The molecular weight excluding hydrogens is 248 g/mol. The molecule has 2 N–H and O–H groups in total. The van der Waals surface area contributed by atoms with Crippen molar-refractivity contribution in [2.24, 2.45) is 5.73 Å². The number of likely N-dealkylation sites (tertiary alicyclic amines) is 1. The molecule has 3 heteroatoms. The molecule has 1 aliphatic heterocycles. The number of nitrogens with zero attached hydrogens (tertiary/aromatic N) is 1. The van der Waals surface area contributed by atoms with Gasteiger partial charge in [0.15, 0.2) is 0 Å². The fraction of sp³-hybridized carbons (Fsp3) is 0.647. The summed E-state index contributed by atoms with van der Waals surface area (Å²) in [5, 5.41) is 0. The zero-order valence-corrected chi connectivity index (χ0v) is 12.8. The first-order valence-corrected chi connectivity index (χ1v) is 7.88. The van der Waals surface area contributed by atoms with E-state index in [1.807, 2.05) is 12.1 Å². The number of benzene rings is 1. The van der Waals surface area contributed by atoms with Crippen LogP contribution in [0.4, 0.5) is 0 Å². The minimum atomic E-state index is 0.689. The second-order valence-corrected chi connectivity index (χ2v) is 5.90. The van der Waals surface area contributed by atoms with Crippen molar-refractivity contribution in [2.45, 2.75) is 51.6 Å². The van der Waals surface area contributed by atoms with Gasteiger partial charge in [0.1, 0.15) is 12.4 Å². The van der Waals surface area contributed by atoms with E-state index in [1.54, 1.807) is 0 Å². The van der Waals surface area contributed by atoms with Crippen molar-refractivity contribution in [3.05, 3.63) is 29.8 Å². The molecule has 112 valence electrons. The first-order chi connectivity index (χ1) is 9.70. The number of ether oxygens (including phenoxy) is 1. The molecule has 2 rings (SSSR count). The molecule has 0 bridgehead atoms. The van der Waals surface area contributed by atoms with E-state index in [4.69, 9.17) is 10.5 Å². The molecule has 0 spiro atoms. The second-order valence-electron chi connectivity index (χ2n) is 5.90. The van der Waals surface area contributed by atoms with Crippen LogP contribution in [0, 0.1) is 0 Å². The molecule has 1 aliphatic rings. The second kappa shape index (κ2) is 7.65. The van der Waals surface area contributed by atoms with Crippen LogP contribution in [0.15, 0.2) is 24.3 Å². The maximum atomic E-state index is 5.87. The van der Waals surface area contributed by atoms with E-state index < -0.39 is 0 Å². The lowest BCUT2D eigenvalue weighted by Gasteiger charge is -2.38. The van der Waals surface area contributed by atoms with Crippen molar-refractivity contribution in [1.82, 2.24) is 4.90 Å². The lowest BCUT2D eigenvalue weighted by molar-refractivity contribution is 0.0851. The summed E-state index contributed by atoms with van der Waals surface area (Å²) in [6.45, 7) is 7.15. The lowest BCUT2D eigenvalue weighted by Crippen LogP contribution is -2.45. The molecular formula is C17H28N2O. The van der Waals surface area contributed by atoms with Crippen LogP contribution in [0.2, 0.25) is 0 Å². The Balaban J connectivity index is 1.77. The maximum Gasteiger partial charge on any atom is 0.119 e. The van der Waals surface area contributed by atoms with Crippen LogP contribution < -0.4 is 10.5 Å². The first-order valence-electron chi connectivity index (χ1n) is 7.88. The lowest BCUT2D eigenvalue weighted by atomic mass is 9.98. The minimum absolute atomic E-state index is 0.689. The van der Waals surface area contributed by atoms with Crippen LogP contribution in [-0.4, -0.2) is 36.7 Å². The number of hydrogen-bond acceptors (Lipinski definition) is 3. The van der Waals surface area contributed by atoms with E-state index in [0.29, 0.717) is 18.6 Å². The molecule has 1 heterocycles. The standard InChI is InChI=1S/C17H28N2O/c1-14-4-3-5-15(2)19(14)12-13-20-17-8-6-16(7-9-17)10-11-18/h6-9,14-15H,3-5,10-13,18H2,1-2H3/t14-,15+. The van der Waals surface area contributed by atoms with Crippen molar-refractivity contribution in [1.29, 1.82) is 0 Å². The Hall–Kier alpha value is -1.06. The summed E-state index contributed by atoms with van der Waals surface area (Å²) < 4.78 is 5.87. The zero-order valence-electron chi connectivity index (χ0n) is 12.8. The van der Waals surface area contributed by atoms with Gasteiger partial charge in [-0.25, -0.2) is 0 Å². The molecule has 1 aromatic rings. The van der Waals surface area contributed by atoms with E-state index in [2.05, 4.69) is 30.9 Å². The predicted molar refractivity (Wildman–Crippen MR) is 84.2 cm³/mol. The topological polar surface area (TPSA) is 38.5 Å². The van der Waals surface area contributed by atoms with Gasteiger partial charge in [-0.05, 0) is 57.4 Å². The van der Waals surface area contributed by atoms with E-state index >= 15 is 0 Å². The van der Waals surface area contributed by atoms with E-state index in [1.165, 1.54) is 24.8 Å². The highest BCUT2D eigenvalue weighted by atomic mass is 16.5. The normalized spacial score (nSPS) is 23.8. The van der Waals surface area contributed by atoms with E-state index in [0.717, 1.165) is 25.3 Å². The van der Waals surface area contributed by atoms with Crippen molar-refractivity contribution >= 4 is 0 Å². The minimum Gasteiger partial charge on any atom is -0.492 e. The van der Waals surface area contributed by atoms with Crippen LogP contribution >= 0.6 is 0 Å². The van der Waals surface area contributed by atoms with Gasteiger partial charge in [-0.2, -0.15) is 0 Å². The predicted octanol–water partition coefficient (Wildman–Crippen LogP) is 2.83. The number of piperidine rings is 1. The highest BCUT2D eigenvalue weighted by Crippen LogP contribution is 2.22. The van der Waals surface area contributed by atoms with E-state index in [-0.39, 0.29) is 0 Å². The van der Waals surface area contributed by atoms with Crippen LogP contribution in [0.1, 0.15) is 38.7 Å². The smallest absolute Gasteiger partial charge is 0.119 e. The quantitative estimate of drug-likeness (QED) is 0.868. The van der Waals surface area contributed by atoms with Gasteiger partial charge in [0.25, 0.3) is 0 Å². The Bertz CT molecular complexity index is 380. The third-order valence-corrected chi connectivity index (χ3v) is 4.35. The molecule has 1 fully saturated rings. The van der Waals surface area contributed by atoms with Crippen molar-refractivity contribution < 1.29 is 4.74 Å². The molecule has 0 radical (unpaired) electrons. The molecule has 0 amide bonds. The van der Waals surface area contributed by atoms with Crippen LogP contribution in [0.3, 0.4) is 0 Å². The van der Waals surface area contributed by atoms with Gasteiger partial charge in [0, 0.05) is 18.6 Å². The van der Waals surface area contributed by atoms with Gasteiger partial charge in [-0.1, -0.05) is 18.6 Å². The average Bonchev–Trinajstić information content (AvgIpc) is 2.44. The van der Waals surface area contributed by atoms with Gasteiger partial charge in [0.05, 0.1) is 0 Å². The van der Waals surface area contributed by atoms with Gasteiger partial charge in [-0.3, -0.25) is 4.90 Å². The van der Waals surface area contributed by atoms with Gasteiger partial charge < -0.3 is 10.5 Å². The number of hydrogen-bond donors (Lipinski definition) is 1. The van der Waals surface area contributed by atoms with Crippen molar-refractivity contribution in [3.8, 4) is 5.75 Å². The van der Waals surface area contributed by atoms with Crippen molar-refractivity contribution in [3.63, 3.8) is 0 Å². The SMILES string of the molecule is C[C@@H]1CCC[C@H](C)N1CCOc1ccc(CCN)cc1. The Labute approximate surface area is 123 Å². The van der Waals surface area contributed by atoms with Gasteiger partial charge in [-0.15, -0.1) is 0 Å². The van der Waals surface area contributed by atoms with Crippen molar-refractivity contribution in [2.75, 3.05) is 19.7 Å². The monoisotopic (exact) mass is 276 g/mol. The highest BCUT2D eigenvalue weighted by Gasteiger charge is 2.23. The highest BCUT2D eigenvalue weighted by molar-refractivity contribution is 5.27. The summed E-state index contributed by atoms with van der Waals surface area (Å²) in [4.78, 5) is 2.58. The third kappa shape index (κ3) is 4.22. The Morgan fingerprint density at radius 1 is 1.15 bits per heavy atom. The largest absolute Gasteiger partial charge is 0.492 e. The Morgan fingerprint density at radius 3 is 2.40 bits per heavy atom. The molecule has 2 atom stereocenters. The molecule has 0 aromatic heterocycles. The molecule has 0 saturated carbocycles. The molecule has 1 aromatic carbocycles. The van der Waals surface area contributed by atoms with Gasteiger partial charge >= 0.3 is 0 Å². The molecule has 1 saturated heterocycles. The van der Waals surface area contributed by atoms with Crippen LogP contribution in [-0.2, 0) is 6.42 Å². The first kappa shape index (κ1) is 15.3. The van der Waals surface area contributed by atoms with Crippen LogP contribution in [0.5, 0.6) is 5.75 Å².